The zero-order chi connectivity index (χ0) is 19.2. The number of aryl methyl sites for hydroxylation is 1. The predicted molar refractivity (Wildman–Crippen MR) is 121 cm³/mol. The minimum atomic E-state index is 0. The van der Waals surface area contributed by atoms with E-state index in [0.29, 0.717) is 19.1 Å². The van der Waals surface area contributed by atoms with Gasteiger partial charge in [-0.15, -0.1) is 24.0 Å². The molecule has 1 saturated heterocycles. The molecule has 9 heteroatoms. The second-order valence-electron chi connectivity index (χ2n) is 7.31. The zero-order valence-corrected chi connectivity index (χ0v) is 19.5. The van der Waals surface area contributed by atoms with Crippen LogP contribution in [-0.4, -0.2) is 56.4 Å². The highest BCUT2D eigenvalue weighted by atomic mass is 127. The van der Waals surface area contributed by atoms with E-state index in [1.807, 2.05) is 36.5 Å². The summed E-state index contributed by atoms with van der Waals surface area (Å²) in [5, 5.41) is 7.68. The second-order valence-corrected chi connectivity index (χ2v) is 7.31. The lowest BCUT2D eigenvalue weighted by molar-refractivity contribution is -0.00805. The number of hydrogen-bond acceptors (Lipinski definition) is 4. The number of aliphatic imine (C=N–C) groups is 1. The molecule has 2 aromatic rings. The third-order valence-electron chi connectivity index (χ3n) is 4.53. The molecule has 156 valence electrons. The fourth-order valence-electron chi connectivity index (χ4n) is 3.27. The number of imidazole rings is 1. The van der Waals surface area contributed by atoms with E-state index in [1.54, 1.807) is 0 Å². The van der Waals surface area contributed by atoms with Gasteiger partial charge in [-0.25, -0.2) is 9.98 Å². The maximum atomic E-state index is 5.95. The van der Waals surface area contributed by atoms with Gasteiger partial charge in [-0.3, -0.25) is 4.68 Å². The van der Waals surface area contributed by atoms with E-state index < -0.39 is 0 Å². The third kappa shape index (κ3) is 5.94. The summed E-state index contributed by atoms with van der Waals surface area (Å²) in [6, 6.07) is 0. The zero-order valence-electron chi connectivity index (χ0n) is 17.2. The van der Waals surface area contributed by atoms with Crippen molar-refractivity contribution in [2.75, 3.05) is 26.2 Å². The molecule has 3 rings (SSSR count). The highest BCUT2D eigenvalue weighted by molar-refractivity contribution is 14.0. The van der Waals surface area contributed by atoms with Gasteiger partial charge in [0.25, 0.3) is 0 Å². The summed E-state index contributed by atoms with van der Waals surface area (Å²) in [4.78, 5) is 11.6. The number of ether oxygens (including phenoxy) is 1. The Labute approximate surface area is 184 Å². The molecule has 28 heavy (non-hydrogen) atoms. The number of hydrogen-bond donors (Lipinski definition) is 1. The number of rotatable bonds is 6. The van der Waals surface area contributed by atoms with Crippen LogP contribution in [0.4, 0.5) is 0 Å². The fraction of sp³-hybridized carbons (Fsp3) is 0.632. The first kappa shape index (κ1) is 22.7. The fourth-order valence-corrected chi connectivity index (χ4v) is 3.27. The van der Waals surface area contributed by atoms with Crippen LogP contribution in [-0.2, 0) is 24.9 Å². The maximum Gasteiger partial charge on any atom is 0.194 e. The Morgan fingerprint density at radius 3 is 2.93 bits per heavy atom. The highest BCUT2D eigenvalue weighted by Crippen LogP contribution is 2.21. The molecule has 0 radical (unpaired) electrons. The van der Waals surface area contributed by atoms with Crippen LogP contribution in [0, 0.1) is 5.92 Å². The first-order valence-electron chi connectivity index (χ1n) is 9.70. The van der Waals surface area contributed by atoms with Gasteiger partial charge in [0.2, 0.25) is 0 Å². The predicted octanol–water partition coefficient (Wildman–Crippen LogP) is 2.43. The van der Waals surface area contributed by atoms with Crippen molar-refractivity contribution in [2.45, 2.75) is 40.0 Å². The summed E-state index contributed by atoms with van der Waals surface area (Å²) >= 11 is 0. The van der Waals surface area contributed by atoms with E-state index in [1.165, 1.54) is 0 Å². The Morgan fingerprint density at radius 2 is 2.25 bits per heavy atom. The first-order chi connectivity index (χ1) is 13.1. The largest absolute Gasteiger partial charge is 0.370 e. The molecule has 0 bridgehead atoms. The number of nitrogens with one attached hydrogen (secondary N) is 1. The number of halogens is 1. The van der Waals surface area contributed by atoms with Crippen molar-refractivity contribution in [3.8, 4) is 0 Å². The lowest BCUT2D eigenvalue weighted by Crippen LogP contribution is -2.48. The van der Waals surface area contributed by atoms with Gasteiger partial charge in [0, 0.05) is 50.8 Å². The van der Waals surface area contributed by atoms with Crippen molar-refractivity contribution in [2.24, 2.45) is 18.0 Å². The molecule has 0 spiro atoms. The summed E-state index contributed by atoms with van der Waals surface area (Å²) < 4.78 is 9.96. The van der Waals surface area contributed by atoms with E-state index in [-0.39, 0.29) is 30.1 Å². The van der Waals surface area contributed by atoms with Gasteiger partial charge in [0.15, 0.2) is 5.96 Å². The molecule has 1 N–H and O–H groups in total. The molecule has 1 atom stereocenters. The Bertz CT molecular complexity index is 755. The van der Waals surface area contributed by atoms with Crippen LogP contribution >= 0.6 is 24.0 Å². The normalized spacial score (nSPS) is 17.7. The molecular formula is C19H32IN7O. The Hall–Kier alpha value is -1.62. The molecule has 1 aliphatic rings. The van der Waals surface area contributed by atoms with Gasteiger partial charge in [-0.2, -0.15) is 5.10 Å². The summed E-state index contributed by atoms with van der Waals surface area (Å²) in [6.45, 7) is 11.1. The van der Waals surface area contributed by atoms with Crippen LogP contribution in [0.3, 0.4) is 0 Å². The molecule has 1 unspecified atom stereocenters. The van der Waals surface area contributed by atoms with Crippen LogP contribution in [0.2, 0.25) is 0 Å². The van der Waals surface area contributed by atoms with Crippen molar-refractivity contribution < 1.29 is 4.74 Å². The first-order valence-corrected chi connectivity index (χ1v) is 9.70. The summed E-state index contributed by atoms with van der Waals surface area (Å²) in [5.41, 5.74) is 1.10. The molecule has 2 aromatic heterocycles. The van der Waals surface area contributed by atoms with Crippen molar-refractivity contribution in [1.82, 2.24) is 29.5 Å². The average molecular weight is 501 g/mol. The van der Waals surface area contributed by atoms with Crippen LogP contribution in [0.5, 0.6) is 0 Å². The van der Waals surface area contributed by atoms with Crippen molar-refractivity contribution in [3.05, 3.63) is 36.2 Å². The molecule has 0 aliphatic carbocycles. The maximum absolute atomic E-state index is 5.95. The Morgan fingerprint density at radius 1 is 1.43 bits per heavy atom. The number of guanidine groups is 1. The van der Waals surface area contributed by atoms with Gasteiger partial charge in [0.05, 0.1) is 19.3 Å². The molecule has 3 heterocycles. The van der Waals surface area contributed by atoms with Gasteiger partial charge in [-0.1, -0.05) is 13.8 Å². The van der Waals surface area contributed by atoms with Crippen LogP contribution in [0.15, 0.2) is 29.8 Å². The average Bonchev–Trinajstić information content (AvgIpc) is 3.27. The van der Waals surface area contributed by atoms with Gasteiger partial charge < -0.3 is 19.5 Å². The monoisotopic (exact) mass is 501 g/mol. The number of aromatic nitrogens is 4. The summed E-state index contributed by atoms with van der Waals surface area (Å²) in [7, 11) is 1.93. The van der Waals surface area contributed by atoms with Crippen molar-refractivity contribution in [3.63, 3.8) is 0 Å². The molecular weight excluding hydrogens is 469 g/mol. The van der Waals surface area contributed by atoms with Crippen molar-refractivity contribution in [1.29, 1.82) is 0 Å². The molecule has 0 amide bonds. The Kier molecular flexibility index (Phi) is 8.74. The number of morpholine rings is 1. The molecule has 1 fully saturated rings. The lowest BCUT2D eigenvalue weighted by atomic mass is 10.1. The topological polar surface area (TPSA) is 72.5 Å². The minimum absolute atomic E-state index is 0. The summed E-state index contributed by atoms with van der Waals surface area (Å²) in [5.74, 6) is 2.49. The smallest absolute Gasteiger partial charge is 0.194 e. The van der Waals surface area contributed by atoms with E-state index in [9.17, 15) is 0 Å². The lowest BCUT2D eigenvalue weighted by Gasteiger charge is -2.34. The SMILES string of the molecule is CCNC(=NCc1nccn1CC(C)C)N1CCOC(c2cnn(C)c2)C1.I. The standard InChI is InChI=1S/C19H31N7O.HI/c1-5-20-19(22-11-18-21-6-7-25(18)12-15(2)3)26-8-9-27-17(14-26)16-10-23-24(4)13-16;/h6-7,10,13,15,17H,5,8-9,11-12,14H2,1-4H3,(H,20,22);1H. The van der Waals surface area contributed by atoms with E-state index in [4.69, 9.17) is 9.73 Å². The minimum Gasteiger partial charge on any atom is -0.370 e. The highest BCUT2D eigenvalue weighted by Gasteiger charge is 2.25. The summed E-state index contributed by atoms with van der Waals surface area (Å²) in [6.07, 6.45) is 7.79. The Balaban J connectivity index is 0.00000280. The third-order valence-corrected chi connectivity index (χ3v) is 4.53. The van der Waals surface area contributed by atoms with E-state index in [2.05, 4.69) is 45.6 Å². The van der Waals surface area contributed by atoms with Gasteiger partial charge in [0.1, 0.15) is 18.5 Å². The van der Waals surface area contributed by atoms with Crippen LogP contribution in [0.25, 0.3) is 0 Å². The second kappa shape index (κ2) is 10.8. The molecule has 0 saturated carbocycles. The van der Waals surface area contributed by atoms with Crippen molar-refractivity contribution >= 4 is 29.9 Å². The molecule has 1 aliphatic heterocycles. The van der Waals surface area contributed by atoms with E-state index in [0.717, 1.165) is 43.5 Å². The van der Waals surface area contributed by atoms with Gasteiger partial charge in [-0.05, 0) is 12.8 Å². The molecule has 8 nitrogen and oxygen atoms in total. The van der Waals surface area contributed by atoms with Crippen LogP contribution in [0.1, 0.15) is 38.3 Å². The molecule has 0 aromatic carbocycles. The van der Waals surface area contributed by atoms with Gasteiger partial charge >= 0.3 is 0 Å². The van der Waals surface area contributed by atoms with Crippen LogP contribution < -0.4 is 5.32 Å². The number of nitrogens with zero attached hydrogens (tertiary/aromatic N) is 6. The quantitative estimate of drug-likeness (QED) is 0.374. The van der Waals surface area contributed by atoms with E-state index >= 15 is 0 Å².